The highest BCUT2D eigenvalue weighted by Gasteiger charge is 2.26. The number of benzene rings is 1. The first-order chi connectivity index (χ1) is 17.0. The Labute approximate surface area is 214 Å². The summed E-state index contributed by atoms with van der Waals surface area (Å²) in [6, 6.07) is 13.8. The van der Waals surface area contributed by atoms with Crippen molar-refractivity contribution < 1.29 is 14.3 Å². The Morgan fingerprint density at radius 1 is 1.20 bits per heavy atom. The number of thiophene rings is 1. The molecule has 0 bridgehead atoms. The van der Waals surface area contributed by atoms with Crippen molar-refractivity contribution in [1.82, 2.24) is 15.7 Å². The highest BCUT2D eigenvalue weighted by Crippen LogP contribution is 2.24. The van der Waals surface area contributed by atoms with E-state index in [-0.39, 0.29) is 17.9 Å². The molecule has 7 nitrogen and oxygen atoms in total. The summed E-state index contributed by atoms with van der Waals surface area (Å²) < 4.78 is 6.00. The van der Waals surface area contributed by atoms with Crippen LogP contribution < -0.4 is 10.7 Å². The lowest BCUT2D eigenvalue weighted by molar-refractivity contribution is 0.0932. The summed E-state index contributed by atoms with van der Waals surface area (Å²) >= 11 is 2.48. The lowest BCUT2D eigenvalue weighted by atomic mass is 9.95. The van der Waals surface area contributed by atoms with Gasteiger partial charge in [-0.25, -0.2) is 0 Å². The normalized spacial score (nSPS) is 13.4. The predicted octanol–water partition coefficient (Wildman–Crippen LogP) is 5.31. The smallest absolute Gasteiger partial charge is 0.261 e. The topological polar surface area (TPSA) is 92.7 Å². The number of rotatable bonds is 12. The number of hydrogen-bond acceptors (Lipinski definition) is 8. The Hall–Kier alpha value is -2.75. The van der Waals surface area contributed by atoms with Crippen LogP contribution in [0.3, 0.4) is 0 Å². The molecule has 0 aliphatic rings. The number of hydrogen-bond donors (Lipinski definition) is 2. The second kappa shape index (κ2) is 13.4. The molecule has 0 radical (unpaired) electrons. The largest absolute Gasteiger partial charge is 0.371 e. The fourth-order valence-electron chi connectivity index (χ4n) is 4.07. The number of nitrogens with one attached hydrogen (secondary N) is 2. The number of aryl methyl sites for hydroxylation is 1. The van der Waals surface area contributed by atoms with Crippen LogP contribution in [0.15, 0.2) is 47.6 Å². The maximum absolute atomic E-state index is 13.0. The molecule has 0 aliphatic heterocycles. The Morgan fingerprint density at radius 3 is 2.71 bits per heavy atom. The van der Waals surface area contributed by atoms with E-state index in [0.29, 0.717) is 23.1 Å². The van der Waals surface area contributed by atoms with Gasteiger partial charge in [0, 0.05) is 35.0 Å². The van der Waals surface area contributed by atoms with E-state index in [1.165, 1.54) is 11.3 Å². The molecular weight excluding hydrogens is 480 g/mol. The third kappa shape index (κ3) is 7.13. The van der Waals surface area contributed by atoms with Crippen LogP contribution in [0.4, 0.5) is 0 Å². The molecule has 0 spiro atoms. The van der Waals surface area contributed by atoms with E-state index in [2.05, 4.69) is 33.0 Å². The van der Waals surface area contributed by atoms with Gasteiger partial charge in [-0.05, 0) is 61.4 Å². The average Bonchev–Trinajstić information content (AvgIpc) is 3.33. The Kier molecular flexibility index (Phi) is 10.3. The highest BCUT2D eigenvalue weighted by molar-refractivity contribution is 8.24. The van der Waals surface area contributed by atoms with Gasteiger partial charge < -0.3 is 15.5 Å². The molecule has 35 heavy (non-hydrogen) atoms. The van der Waals surface area contributed by atoms with Gasteiger partial charge in [-0.15, -0.1) is 11.3 Å². The van der Waals surface area contributed by atoms with Crippen molar-refractivity contribution in [2.24, 2.45) is 11.0 Å². The van der Waals surface area contributed by atoms with Crippen molar-refractivity contribution >= 4 is 50.6 Å². The zero-order valence-electron chi connectivity index (χ0n) is 20.5. The van der Waals surface area contributed by atoms with Crippen LogP contribution in [0.25, 0.3) is 10.9 Å². The number of para-hydroxylation sites is 1. The van der Waals surface area contributed by atoms with Crippen molar-refractivity contribution in [2.75, 3.05) is 7.05 Å². The van der Waals surface area contributed by atoms with E-state index in [0.717, 1.165) is 57.3 Å². The number of aromatic nitrogens is 1. The van der Waals surface area contributed by atoms with Crippen LogP contribution in [0.2, 0.25) is 0 Å². The van der Waals surface area contributed by atoms with Crippen molar-refractivity contribution in [1.29, 1.82) is 0 Å². The number of hydrazone groups is 1. The van der Waals surface area contributed by atoms with Crippen LogP contribution in [0.5, 0.6) is 0 Å². The van der Waals surface area contributed by atoms with Gasteiger partial charge >= 0.3 is 0 Å². The minimum Gasteiger partial charge on any atom is -0.371 e. The van der Waals surface area contributed by atoms with Gasteiger partial charge in [-0.1, -0.05) is 32.0 Å². The number of carbonyl (C=O) groups is 2. The molecule has 186 valence electrons. The summed E-state index contributed by atoms with van der Waals surface area (Å²) in [6.45, 7) is 6.94. The van der Waals surface area contributed by atoms with Crippen molar-refractivity contribution in [3.05, 3.63) is 63.5 Å². The summed E-state index contributed by atoms with van der Waals surface area (Å²) in [6.07, 6.45) is 1.49. The molecule has 0 saturated heterocycles. The lowest BCUT2D eigenvalue weighted by Crippen LogP contribution is -2.42. The average molecular weight is 513 g/mol. The molecule has 3 aromatic rings. The van der Waals surface area contributed by atoms with E-state index in [9.17, 15) is 9.59 Å². The molecule has 2 N–H and O–H groups in total. The fourth-order valence-corrected chi connectivity index (χ4v) is 5.66. The van der Waals surface area contributed by atoms with Crippen molar-refractivity contribution in [3.8, 4) is 0 Å². The minimum absolute atomic E-state index is 0.0481. The van der Waals surface area contributed by atoms with Crippen molar-refractivity contribution in [2.45, 2.75) is 52.9 Å². The van der Waals surface area contributed by atoms with Gasteiger partial charge in [0.1, 0.15) is 5.04 Å². The summed E-state index contributed by atoms with van der Waals surface area (Å²) in [7, 11) is 1.70. The predicted molar refractivity (Wildman–Crippen MR) is 145 cm³/mol. The quantitative estimate of drug-likeness (QED) is 0.148. The first kappa shape index (κ1) is 26.8. The summed E-state index contributed by atoms with van der Waals surface area (Å²) in [5.41, 5.74) is 6.56. The number of thioether (sulfide) groups is 1. The van der Waals surface area contributed by atoms with E-state index < -0.39 is 0 Å². The molecule has 2 heterocycles. The summed E-state index contributed by atoms with van der Waals surface area (Å²) in [5.74, 6) is -0.171. The van der Waals surface area contributed by atoms with Crippen molar-refractivity contribution in [3.63, 3.8) is 0 Å². The molecule has 9 heteroatoms. The van der Waals surface area contributed by atoms with Gasteiger partial charge in [-0.3, -0.25) is 14.6 Å². The van der Waals surface area contributed by atoms with E-state index in [4.69, 9.17) is 4.74 Å². The minimum atomic E-state index is -0.128. The van der Waals surface area contributed by atoms with Gasteiger partial charge in [-0.2, -0.15) is 5.10 Å². The monoisotopic (exact) mass is 512 g/mol. The standard InChI is InChI=1S/C26H32N4O3S2/c1-5-20(26(30-27-4)34-16-31)22(6-2)29-25(32)24-12-11-19(35-24)15-33-14-18-13-17(3)28-23-10-8-7-9-21(18)23/h7-13,16,20,22,27H,5-6,14-15H2,1-4H3,(H,29,32)/b30-26-. The molecule has 1 aromatic carbocycles. The zero-order chi connectivity index (χ0) is 25.2. The zero-order valence-corrected chi connectivity index (χ0v) is 22.2. The van der Waals surface area contributed by atoms with Gasteiger partial charge in [0.15, 0.2) is 5.62 Å². The lowest BCUT2D eigenvalue weighted by Gasteiger charge is -2.26. The van der Waals surface area contributed by atoms with Gasteiger partial charge in [0.05, 0.1) is 23.6 Å². The maximum atomic E-state index is 13.0. The van der Waals surface area contributed by atoms with Crippen LogP contribution in [-0.4, -0.2) is 34.6 Å². The number of nitrogens with zero attached hydrogens (tertiary/aromatic N) is 2. The number of fused-ring (bicyclic) bond motifs is 1. The molecule has 0 saturated carbocycles. The third-order valence-corrected chi connectivity index (χ3v) is 7.50. The number of pyridine rings is 1. The van der Waals surface area contributed by atoms with Crippen LogP contribution >= 0.6 is 23.1 Å². The maximum Gasteiger partial charge on any atom is 0.261 e. The van der Waals surface area contributed by atoms with Gasteiger partial charge in [0.25, 0.3) is 5.91 Å². The van der Waals surface area contributed by atoms with Crippen LogP contribution in [0.1, 0.15) is 52.5 Å². The summed E-state index contributed by atoms with van der Waals surface area (Å²) in [5, 5.41) is 9.16. The summed E-state index contributed by atoms with van der Waals surface area (Å²) in [4.78, 5) is 30.3. The number of ether oxygens (including phenoxy) is 1. The Bertz CT molecular complexity index is 1180. The molecule has 0 fully saturated rings. The van der Waals surface area contributed by atoms with E-state index in [1.54, 1.807) is 7.05 Å². The molecule has 2 aromatic heterocycles. The second-order valence-electron chi connectivity index (χ2n) is 8.09. The Balaban J connectivity index is 1.62. The second-order valence-corrected chi connectivity index (χ2v) is 10.1. The number of amides is 1. The van der Waals surface area contributed by atoms with E-state index >= 15 is 0 Å². The number of carbonyl (C=O) groups excluding carboxylic acids is 2. The SMILES string of the molecule is CCC(NC(=O)c1ccc(COCc2cc(C)nc3ccccc23)s1)C(CC)/C(=N/NC)SC=O. The third-order valence-electron chi connectivity index (χ3n) is 5.71. The first-order valence-corrected chi connectivity index (χ1v) is 13.4. The molecule has 2 atom stereocenters. The molecule has 1 amide bonds. The molecule has 2 unspecified atom stereocenters. The highest BCUT2D eigenvalue weighted by atomic mass is 32.2. The molecule has 3 rings (SSSR count). The molecular formula is C26H32N4O3S2. The molecule has 0 aliphatic carbocycles. The first-order valence-electron chi connectivity index (χ1n) is 11.7. The van der Waals surface area contributed by atoms with E-state index in [1.807, 2.05) is 51.1 Å². The van der Waals surface area contributed by atoms with Crippen LogP contribution in [0, 0.1) is 12.8 Å². The van der Waals surface area contributed by atoms with Gasteiger partial charge in [0.2, 0.25) is 0 Å². The Morgan fingerprint density at radius 2 is 2.00 bits per heavy atom. The van der Waals surface area contributed by atoms with Crippen LogP contribution in [-0.2, 0) is 22.7 Å². The fraction of sp³-hybridized carbons (Fsp3) is 0.385.